The van der Waals surface area contributed by atoms with Crippen LogP contribution in [0.25, 0.3) is 0 Å². The zero-order valence-corrected chi connectivity index (χ0v) is 12.0. The second-order valence-corrected chi connectivity index (χ2v) is 5.33. The molecule has 21 heavy (non-hydrogen) atoms. The van der Waals surface area contributed by atoms with Crippen LogP contribution in [-0.4, -0.2) is 12.3 Å². The number of hydrogen-bond acceptors (Lipinski definition) is 3. The molecule has 108 valence electrons. The number of ether oxygens (including phenoxy) is 1. The molecule has 1 fully saturated rings. The average Bonchev–Trinajstić information content (AvgIpc) is 3.03. The first kappa shape index (κ1) is 13.7. The molecule has 2 aromatic carbocycles. The minimum atomic E-state index is 0.407. The number of nitrogens with zero attached hydrogens (tertiary/aromatic N) is 1. The molecule has 0 aromatic heterocycles. The summed E-state index contributed by atoms with van der Waals surface area (Å²) < 4.78 is 5.94. The Morgan fingerprint density at radius 2 is 1.67 bits per heavy atom. The lowest BCUT2D eigenvalue weighted by Crippen LogP contribution is -2.10. The quantitative estimate of drug-likeness (QED) is 0.648. The molecule has 0 aliphatic heterocycles. The van der Waals surface area contributed by atoms with Gasteiger partial charge in [-0.1, -0.05) is 18.2 Å². The maximum Gasteiger partial charge on any atom is 0.119 e. The van der Waals surface area contributed by atoms with Crippen LogP contribution in [0.4, 0.5) is 5.69 Å². The van der Waals surface area contributed by atoms with Crippen molar-refractivity contribution in [3.8, 4) is 5.75 Å². The van der Waals surface area contributed by atoms with Crippen LogP contribution in [0.5, 0.6) is 5.75 Å². The van der Waals surface area contributed by atoms with E-state index in [2.05, 4.69) is 10.5 Å². The Hall–Kier alpha value is -2.29. The van der Waals surface area contributed by atoms with Crippen LogP contribution >= 0.6 is 0 Å². The third-order valence-corrected chi connectivity index (χ3v) is 3.67. The minimum absolute atomic E-state index is 0.407. The van der Waals surface area contributed by atoms with E-state index in [-0.39, 0.29) is 0 Å². The Kier molecular flexibility index (Phi) is 4.52. The van der Waals surface area contributed by atoms with Crippen LogP contribution in [-0.2, 0) is 0 Å². The van der Waals surface area contributed by atoms with Crippen molar-refractivity contribution >= 4 is 11.9 Å². The summed E-state index contributed by atoms with van der Waals surface area (Å²) in [6, 6.07) is 18.0. The lowest BCUT2D eigenvalue weighted by Gasteiger charge is -2.12. The monoisotopic (exact) mass is 280 g/mol. The Balaban J connectivity index is 1.54. The van der Waals surface area contributed by atoms with Crippen molar-refractivity contribution in [2.45, 2.75) is 31.8 Å². The number of anilines is 1. The van der Waals surface area contributed by atoms with Crippen molar-refractivity contribution in [2.24, 2.45) is 5.10 Å². The van der Waals surface area contributed by atoms with Gasteiger partial charge in [0.25, 0.3) is 0 Å². The topological polar surface area (TPSA) is 33.6 Å². The highest BCUT2D eigenvalue weighted by Crippen LogP contribution is 2.24. The van der Waals surface area contributed by atoms with Crippen molar-refractivity contribution in [1.29, 1.82) is 0 Å². The molecule has 0 unspecified atom stereocenters. The van der Waals surface area contributed by atoms with E-state index in [0.717, 1.165) is 17.0 Å². The van der Waals surface area contributed by atoms with E-state index in [1.165, 1.54) is 25.7 Å². The molecular formula is C18H20N2O. The summed E-state index contributed by atoms with van der Waals surface area (Å²) in [5.41, 5.74) is 5.04. The van der Waals surface area contributed by atoms with Crippen LogP contribution in [0.2, 0.25) is 0 Å². The molecule has 1 N–H and O–H groups in total. The lowest BCUT2D eigenvalue weighted by molar-refractivity contribution is 0.210. The predicted molar refractivity (Wildman–Crippen MR) is 87.0 cm³/mol. The molecule has 1 aliphatic rings. The normalized spacial score (nSPS) is 15.4. The smallest absolute Gasteiger partial charge is 0.119 e. The summed E-state index contributed by atoms with van der Waals surface area (Å²) in [6.07, 6.45) is 7.17. The van der Waals surface area contributed by atoms with Gasteiger partial charge in [0.15, 0.2) is 0 Å². The minimum Gasteiger partial charge on any atom is -0.490 e. The van der Waals surface area contributed by atoms with E-state index in [0.29, 0.717) is 6.10 Å². The molecule has 3 rings (SSSR count). The van der Waals surface area contributed by atoms with Gasteiger partial charge in [-0.2, -0.15) is 5.10 Å². The molecule has 0 saturated heterocycles. The van der Waals surface area contributed by atoms with E-state index >= 15 is 0 Å². The van der Waals surface area contributed by atoms with Crippen LogP contribution in [0, 0.1) is 0 Å². The Bertz CT molecular complexity index is 572. The summed E-state index contributed by atoms with van der Waals surface area (Å²) in [6.45, 7) is 0. The highest BCUT2D eigenvalue weighted by Gasteiger charge is 2.16. The van der Waals surface area contributed by atoms with E-state index in [1.807, 2.05) is 60.8 Å². The molecule has 0 spiro atoms. The molecule has 0 bridgehead atoms. The Morgan fingerprint density at radius 3 is 2.38 bits per heavy atom. The van der Waals surface area contributed by atoms with Crippen LogP contribution in [0.3, 0.4) is 0 Å². The summed E-state index contributed by atoms with van der Waals surface area (Å²) in [5, 5.41) is 4.23. The maximum absolute atomic E-state index is 5.94. The van der Waals surface area contributed by atoms with Crippen molar-refractivity contribution in [3.63, 3.8) is 0 Å². The third-order valence-electron chi connectivity index (χ3n) is 3.67. The Morgan fingerprint density at radius 1 is 0.952 bits per heavy atom. The second kappa shape index (κ2) is 6.93. The van der Waals surface area contributed by atoms with Gasteiger partial charge in [-0.3, -0.25) is 5.43 Å². The van der Waals surface area contributed by atoms with Crippen molar-refractivity contribution in [1.82, 2.24) is 0 Å². The highest BCUT2D eigenvalue weighted by molar-refractivity contribution is 5.80. The average molecular weight is 280 g/mol. The lowest BCUT2D eigenvalue weighted by atomic mass is 10.2. The fraction of sp³-hybridized carbons (Fsp3) is 0.278. The molecule has 0 heterocycles. The van der Waals surface area contributed by atoms with E-state index in [1.54, 1.807) is 0 Å². The molecule has 3 heteroatoms. The van der Waals surface area contributed by atoms with Gasteiger partial charge in [0, 0.05) is 0 Å². The van der Waals surface area contributed by atoms with Gasteiger partial charge in [0.2, 0.25) is 0 Å². The predicted octanol–water partition coefficient (Wildman–Crippen LogP) is 4.45. The zero-order valence-electron chi connectivity index (χ0n) is 12.0. The molecule has 0 atom stereocenters. The number of rotatable bonds is 5. The molecule has 0 amide bonds. The number of benzene rings is 2. The van der Waals surface area contributed by atoms with Crippen LogP contribution in [0.1, 0.15) is 31.2 Å². The summed E-state index contributed by atoms with van der Waals surface area (Å²) in [4.78, 5) is 0. The fourth-order valence-electron chi connectivity index (χ4n) is 2.53. The standard InChI is InChI=1S/C18H20N2O/c1-2-6-16(7-3-1)20-19-14-15-10-12-18(13-11-15)21-17-8-4-5-9-17/h1-3,6-7,10-14,17,20H,4-5,8-9H2. The van der Waals surface area contributed by atoms with Crippen LogP contribution < -0.4 is 10.2 Å². The number of hydrogen-bond donors (Lipinski definition) is 1. The number of nitrogens with one attached hydrogen (secondary N) is 1. The fourth-order valence-corrected chi connectivity index (χ4v) is 2.53. The van der Waals surface area contributed by atoms with Gasteiger partial charge in [-0.15, -0.1) is 0 Å². The molecular weight excluding hydrogens is 260 g/mol. The third kappa shape index (κ3) is 4.09. The largest absolute Gasteiger partial charge is 0.490 e. The van der Waals surface area contributed by atoms with Gasteiger partial charge in [-0.25, -0.2) is 0 Å². The van der Waals surface area contributed by atoms with Gasteiger partial charge in [0.05, 0.1) is 18.0 Å². The number of para-hydroxylation sites is 1. The SMILES string of the molecule is C(=NNc1ccccc1)c1ccc(OC2CCCC2)cc1. The van der Waals surface area contributed by atoms with Gasteiger partial charge >= 0.3 is 0 Å². The summed E-state index contributed by atoms with van der Waals surface area (Å²) in [7, 11) is 0. The maximum atomic E-state index is 5.94. The Labute approximate surface area is 125 Å². The highest BCUT2D eigenvalue weighted by atomic mass is 16.5. The first-order valence-electron chi connectivity index (χ1n) is 7.51. The molecule has 1 aliphatic carbocycles. The summed E-state index contributed by atoms with van der Waals surface area (Å²) >= 11 is 0. The molecule has 1 saturated carbocycles. The molecule has 3 nitrogen and oxygen atoms in total. The summed E-state index contributed by atoms with van der Waals surface area (Å²) in [5.74, 6) is 0.954. The second-order valence-electron chi connectivity index (χ2n) is 5.33. The van der Waals surface area contributed by atoms with E-state index < -0.39 is 0 Å². The van der Waals surface area contributed by atoms with Gasteiger partial charge in [0.1, 0.15) is 5.75 Å². The van der Waals surface area contributed by atoms with Crippen molar-refractivity contribution in [2.75, 3.05) is 5.43 Å². The first-order valence-corrected chi connectivity index (χ1v) is 7.51. The number of hydrazone groups is 1. The van der Waals surface area contributed by atoms with Gasteiger partial charge in [-0.05, 0) is 67.6 Å². The van der Waals surface area contributed by atoms with Gasteiger partial charge < -0.3 is 4.74 Å². The molecule has 0 radical (unpaired) electrons. The zero-order chi connectivity index (χ0) is 14.3. The van der Waals surface area contributed by atoms with Crippen molar-refractivity contribution < 1.29 is 4.74 Å². The first-order chi connectivity index (χ1) is 10.4. The molecule has 2 aromatic rings. The van der Waals surface area contributed by atoms with E-state index in [4.69, 9.17) is 4.74 Å². The van der Waals surface area contributed by atoms with Crippen molar-refractivity contribution in [3.05, 3.63) is 60.2 Å². The van der Waals surface area contributed by atoms with E-state index in [9.17, 15) is 0 Å². The van der Waals surface area contributed by atoms with Crippen LogP contribution in [0.15, 0.2) is 59.7 Å².